The van der Waals surface area contributed by atoms with E-state index >= 15 is 0 Å². The van der Waals surface area contributed by atoms with Crippen molar-refractivity contribution in [1.29, 1.82) is 0 Å². The molecular formula is C22H19ClN4OS. The van der Waals surface area contributed by atoms with Gasteiger partial charge < -0.3 is 4.57 Å². The fraction of sp³-hybridized carbons (Fsp3) is 0.136. The van der Waals surface area contributed by atoms with Crippen molar-refractivity contribution in [3.63, 3.8) is 0 Å². The SMILES string of the molecule is O=C1/C(=C\c2ccc(Cl)cc2)SC(=Nc2ccccc2)N1CCCn1ccnc1. The first-order valence-electron chi connectivity index (χ1n) is 9.25. The standard InChI is InChI=1S/C22H19ClN4OS/c23-18-9-7-17(8-10-18)15-20-21(28)27(13-4-12-26-14-11-24-16-26)22(29-20)25-19-5-2-1-3-6-19/h1-3,5-11,14-16H,4,12-13H2/b20-15+,25-22?. The molecule has 0 atom stereocenters. The number of nitrogens with zero attached hydrogens (tertiary/aromatic N) is 4. The number of benzene rings is 2. The highest BCUT2D eigenvalue weighted by Gasteiger charge is 2.33. The van der Waals surface area contributed by atoms with E-state index in [4.69, 9.17) is 16.6 Å². The summed E-state index contributed by atoms with van der Waals surface area (Å²) in [7, 11) is 0. The van der Waals surface area contributed by atoms with Crippen LogP contribution in [0.5, 0.6) is 0 Å². The van der Waals surface area contributed by atoms with Crippen molar-refractivity contribution in [3.8, 4) is 0 Å². The van der Waals surface area contributed by atoms with Gasteiger partial charge in [-0.3, -0.25) is 9.69 Å². The van der Waals surface area contributed by atoms with Crippen LogP contribution < -0.4 is 0 Å². The monoisotopic (exact) mass is 422 g/mol. The normalized spacial score (nSPS) is 16.9. The molecule has 1 amide bonds. The Bertz CT molecular complexity index is 1030. The first-order chi connectivity index (χ1) is 14.2. The van der Waals surface area contributed by atoms with Crippen LogP contribution in [0.3, 0.4) is 0 Å². The minimum atomic E-state index is -0.0229. The van der Waals surface area contributed by atoms with Crippen molar-refractivity contribution in [2.24, 2.45) is 4.99 Å². The largest absolute Gasteiger partial charge is 0.337 e. The van der Waals surface area contributed by atoms with Gasteiger partial charge >= 0.3 is 0 Å². The van der Waals surface area contributed by atoms with Crippen LogP contribution in [0.4, 0.5) is 5.69 Å². The average molecular weight is 423 g/mol. The second-order valence-corrected chi connectivity index (χ2v) is 7.95. The Morgan fingerprint density at radius 1 is 1.07 bits per heavy atom. The van der Waals surface area contributed by atoms with Crippen molar-refractivity contribution >= 4 is 46.2 Å². The summed E-state index contributed by atoms with van der Waals surface area (Å²) < 4.78 is 2.01. The molecular weight excluding hydrogens is 404 g/mol. The maximum absolute atomic E-state index is 13.1. The number of hydrogen-bond acceptors (Lipinski definition) is 4. The second kappa shape index (κ2) is 9.11. The number of amides is 1. The number of carbonyl (C=O) groups excluding carboxylic acids is 1. The van der Waals surface area contributed by atoms with E-state index < -0.39 is 0 Å². The molecule has 7 heteroatoms. The molecule has 4 rings (SSSR count). The molecule has 0 bridgehead atoms. The Morgan fingerprint density at radius 2 is 1.86 bits per heavy atom. The number of hydrogen-bond donors (Lipinski definition) is 0. The zero-order valence-electron chi connectivity index (χ0n) is 15.6. The molecule has 1 aliphatic heterocycles. The van der Waals surface area contributed by atoms with E-state index in [1.807, 2.05) is 71.4 Å². The predicted octanol–water partition coefficient (Wildman–Crippen LogP) is 5.23. The summed E-state index contributed by atoms with van der Waals surface area (Å²) in [6.07, 6.45) is 8.16. The third-order valence-corrected chi connectivity index (χ3v) is 5.65. The summed E-state index contributed by atoms with van der Waals surface area (Å²) in [5.41, 5.74) is 1.76. The van der Waals surface area contributed by atoms with Crippen LogP contribution in [0.25, 0.3) is 6.08 Å². The highest BCUT2D eigenvalue weighted by atomic mass is 35.5. The minimum Gasteiger partial charge on any atom is -0.337 e. The molecule has 0 N–H and O–H groups in total. The molecule has 1 fully saturated rings. The van der Waals surface area contributed by atoms with Crippen molar-refractivity contribution in [3.05, 3.63) is 88.8 Å². The fourth-order valence-corrected chi connectivity index (χ4v) is 4.09. The lowest BCUT2D eigenvalue weighted by atomic mass is 10.2. The molecule has 1 aliphatic rings. The Balaban J connectivity index is 1.57. The fourth-order valence-electron chi connectivity index (χ4n) is 2.94. The number of amidine groups is 1. The van der Waals surface area contributed by atoms with Crippen LogP contribution >= 0.6 is 23.4 Å². The van der Waals surface area contributed by atoms with E-state index in [1.165, 1.54) is 11.8 Å². The van der Waals surface area contributed by atoms with Gasteiger partial charge in [0.1, 0.15) is 0 Å². The highest BCUT2D eigenvalue weighted by molar-refractivity contribution is 8.18. The van der Waals surface area contributed by atoms with Crippen molar-refractivity contribution in [1.82, 2.24) is 14.5 Å². The molecule has 0 saturated carbocycles. The summed E-state index contributed by atoms with van der Waals surface area (Å²) >= 11 is 7.37. The van der Waals surface area contributed by atoms with E-state index in [0.717, 1.165) is 24.2 Å². The van der Waals surface area contributed by atoms with Crippen LogP contribution in [0.15, 0.2) is 83.2 Å². The molecule has 0 spiro atoms. The van der Waals surface area contributed by atoms with E-state index in [0.29, 0.717) is 21.6 Å². The average Bonchev–Trinajstić information content (AvgIpc) is 3.34. The third-order valence-electron chi connectivity index (χ3n) is 4.39. The minimum absolute atomic E-state index is 0.0229. The number of imidazole rings is 1. The molecule has 0 radical (unpaired) electrons. The molecule has 1 saturated heterocycles. The lowest BCUT2D eigenvalue weighted by molar-refractivity contribution is -0.122. The molecule has 1 aromatic heterocycles. The topological polar surface area (TPSA) is 50.5 Å². The van der Waals surface area contributed by atoms with Gasteiger partial charge in [-0.25, -0.2) is 9.98 Å². The molecule has 2 heterocycles. The molecule has 5 nitrogen and oxygen atoms in total. The van der Waals surface area contributed by atoms with Crippen molar-refractivity contribution in [2.75, 3.05) is 6.54 Å². The number of aromatic nitrogens is 2. The van der Waals surface area contributed by atoms with Crippen LogP contribution in [-0.4, -0.2) is 32.1 Å². The van der Waals surface area contributed by atoms with Gasteiger partial charge in [-0.15, -0.1) is 0 Å². The van der Waals surface area contributed by atoms with Crippen LogP contribution in [0.1, 0.15) is 12.0 Å². The van der Waals surface area contributed by atoms with Gasteiger partial charge in [-0.05, 0) is 54.1 Å². The Morgan fingerprint density at radius 3 is 2.59 bits per heavy atom. The zero-order chi connectivity index (χ0) is 20.1. The first kappa shape index (κ1) is 19.5. The van der Waals surface area contributed by atoms with Gasteiger partial charge in [-0.2, -0.15) is 0 Å². The van der Waals surface area contributed by atoms with Crippen molar-refractivity contribution in [2.45, 2.75) is 13.0 Å². The molecule has 29 heavy (non-hydrogen) atoms. The predicted molar refractivity (Wildman–Crippen MR) is 119 cm³/mol. The lowest BCUT2D eigenvalue weighted by Gasteiger charge is -2.15. The summed E-state index contributed by atoms with van der Waals surface area (Å²) in [4.78, 5) is 24.3. The summed E-state index contributed by atoms with van der Waals surface area (Å²) in [6, 6.07) is 17.1. The van der Waals surface area contributed by atoms with E-state index in [2.05, 4.69) is 4.98 Å². The number of thioether (sulfide) groups is 1. The van der Waals surface area contributed by atoms with Gasteiger partial charge in [0.15, 0.2) is 5.17 Å². The van der Waals surface area contributed by atoms with Gasteiger partial charge in [0.05, 0.1) is 16.9 Å². The Hall–Kier alpha value is -2.83. The smallest absolute Gasteiger partial charge is 0.266 e. The zero-order valence-corrected chi connectivity index (χ0v) is 17.2. The lowest BCUT2D eigenvalue weighted by Crippen LogP contribution is -2.30. The van der Waals surface area contributed by atoms with E-state index in [9.17, 15) is 4.79 Å². The van der Waals surface area contributed by atoms with Crippen molar-refractivity contribution < 1.29 is 4.79 Å². The number of aryl methyl sites for hydroxylation is 1. The summed E-state index contributed by atoms with van der Waals surface area (Å²) in [5, 5.41) is 1.37. The number of halogens is 1. The Labute approximate surface area is 178 Å². The maximum atomic E-state index is 13.1. The van der Waals surface area contributed by atoms with Crippen LogP contribution in [0, 0.1) is 0 Å². The van der Waals surface area contributed by atoms with E-state index in [1.54, 1.807) is 17.4 Å². The molecule has 146 valence electrons. The molecule has 3 aromatic rings. The van der Waals surface area contributed by atoms with Gasteiger partial charge in [-0.1, -0.05) is 41.9 Å². The van der Waals surface area contributed by atoms with Gasteiger partial charge in [0.25, 0.3) is 5.91 Å². The quantitative estimate of drug-likeness (QED) is 0.511. The third kappa shape index (κ3) is 4.96. The Kier molecular flexibility index (Phi) is 6.12. The van der Waals surface area contributed by atoms with Crippen LogP contribution in [0.2, 0.25) is 5.02 Å². The highest BCUT2D eigenvalue weighted by Crippen LogP contribution is 2.34. The molecule has 2 aromatic carbocycles. The summed E-state index contributed by atoms with van der Waals surface area (Å²) in [5.74, 6) is -0.0229. The van der Waals surface area contributed by atoms with Crippen LogP contribution in [-0.2, 0) is 11.3 Å². The second-order valence-electron chi connectivity index (χ2n) is 6.50. The number of aliphatic imine (C=N–C) groups is 1. The molecule has 0 unspecified atom stereocenters. The number of carbonyl (C=O) groups is 1. The van der Waals surface area contributed by atoms with E-state index in [-0.39, 0.29) is 5.91 Å². The summed E-state index contributed by atoms with van der Waals surface area (Å²) in [6.45, 7) is 1.39. The first-order valence-corrected chi connectivity index (χ1v) is 10.4. The molecule has 0 aliphatic carbocycles. The van der Waals surface area contributed by atoms with Gasteiger partial charge in [0, 0.05) is 30.5 Å². The van der Waals surface area contributed by atoms with Gasteiger partial charge in [0.2, 0.25) is 0 Å². The number of rotatable bonds is 6. The maximum Gasteiger partial charge on any atom is 0.266 e. The number of para-hydroxylation sites is 1.